The quantitative estimate of drug-likeness (QED) is 0.857. The highest BCUT2D eigenvalue weighted by atomic mass is 35.5. The van der Waals surface area contributed by atoms with Crippen LogP contribution in [0.2, 0.25) is 5.02 Å². The minimum absolute atomic E-state index is 0.0742. The van der Waals surface area contributed by atoms with Crippen LogP contribution in [0.15, 0.2) is 24.3 Å². The van der Waals surface area contributed by atoms with E-state index in [2.05, 4.69) is 4.90 Å². The molecular weight excluding hydrogens is 276 g/mol. The van der Waals surface area contributed by atoms with Crippen molar-refractivity contribution in [2.24, 2.45) is 0 Å². The van der Waals surface area contributed by atoms with Crippen molar-refractivity contribution in [3.63, 3.8) is 0 Å². The summed E-state index contributed by atoms with van der Waals surface area (Å²) < 4.78 is 5.81. The summed E-state index contributed by atoms with van der Waals surface area (Å²) in [7, 11) is 3.57. The SMILES string of the molecule is CC(C(=O)N(C)C)N1CCOC(c2ccccc2Cl)C1. The molecule has 1 fully saturated rings. The van der Waals surface area contributed by atoms with E-state index >= 15 is 0 Å². The average Bonchev–Trinajstić information content (AvgIpc) is 2.46. The largest absolute Gasteiger partial charge is 0.371 e. The molecule has 20 heavy (non-hydrogen) atoms. The Labute approximate surface area is 125 Å². The van der Waals surface area contributed by atoms with Crippen molar-refractivity contribution in [3.8, 4) is 0 Å². The van der Waals surface area contributed by atoms with E-state index in [0.717, 1.165) is 12.1 Å². The molecule has 4 nitrogen and oxygen atoms in total. The first-order chi connectivity index (χ1) is 9.50. The molecule has 1 aliphatic rings. The average molecular weight is 297 g/mol. The normalized spacial score (nSPS) is 21.5. The van der Waals surface area contributed by atoms with E-state index in [0.29, 0.717) is 18.2 Å². The zero-order valence-corrected chi connectivity index (χ0v) is 12.9. The molecular formula is C15H21ClN2O2. The third kappa shape index (κ3) is 3.32. The van der Waals surface area contributed by atoms with Gasteiger partial charge in [0.15, 0.2) is 0 Å². The molecule has 1 heterocycles. The molecule has 2 unspecified atom stereocenters. The molecule has 1 amide bonds. The molecule has 1 aromatic rings. The molecule has 0 saturated carbocycles. The Balaban J connectivity index is 2.09. The van der Waals surface area contributed by atoms with Crippen LogP contribution in [0.5, 0.6) is 0 Å². The van der Waals surface area contributed by atoms with Gasteiger partial charge in [-0.3, -0.25) is 9.69 Å². The Bertz CT molecular complexity index is 479. The monoisotopic (exact) mass is 296 g/mol. The number of halogens is 1. The maximum absolute atomic E-state index is 12.1. The minimum Gasteiger partial charge on any atom is -0.371 e. The van der Waals surface area contributed by atoms with Crippen molar-refractivity contribution < 1.29 is 9.53 Å². The number of morpholine rings is 1. The van der Waals surface area contributed by atoms with Gasteiger partial charge in [-0.1, -0.05) is 29.8 Å². The van der Waals surface area contributed by atoms with Crippen LogP contribution in [0.1, 0.15) is 18.6 Å². The highest BCUT2D eigenvalue weighted by Gasteiger charge is 2.30. The number of amides is 1. The molecule has 2 atom stereocenters. The minimum atomic E-state index is -0.140. The van der Waals surface area contributed by atoms with E-state index in [4.69, 9.17) is 16.3 Å². The van der Waals surface area contributed by atoms with E-state index in [9.17, 15) is 4.79 Å². The van der Waals surface area contributed by atoms with Crippen LogP contribution >= 0.6 is 11.6 Å². The fraction of sp³-hybridized carbons (Fsp3) is 0.533. The summed E-state index contributed by atoms with van der Waals surface area (Å²) in [6.07, 6.45) is -0.0742. The summed E-state index contributed by atoms with van der Waals surface area (Å²) in [6, 6.07) is 7.57. The lowest BCUT2D eigenvalue weighted by Crippen LogP contribution is -2.50. The molecule has 0 spiro atoms. The van der Waals surface area contributed by atoms with Gasteiger partial charge in [0.05, 0.1) is 18.8 Å². The van der Waals surface area contributed by atoms with Gasteiger partial charge in [-0.25, -0.2) is 0 Å². The highest BCUT2D eigenvalue weighted by molar-refractivity contribution is 6.31. The first-order valence-electron chi connectivity index (χ1n) is 6.82. The Morgan fingerprint density at radius 1 is 1.45 bits per heavy atom. The number of nitrogens with zero attached hydrogens (tertiary/aromatic N) is 2. The Morgan fingerprint density at radius 2 is 2.15 bits per heavy atom. The van der Waals surface area contributed by atoms with Crippen molar-refractivity contribution in [3.05, 3.63) is 34.9 Å². The third-order valence-corrected chi connectivity index (χ3v) is 4.04. The lowest BCUT2D eigenvalue weighted by Gasteiger charge is -2.37. The van der Waals surface area contributed by atoms with E-state index in [1.54, 1.807) is 19.0 Å². The fourth-order valence-corrected chi connectivity index (χ4v) is 2.73. The lowest BCUT2D eigenvalue weighted by molar-refractivity contribution is -0.137. The maximum atomic E-state index is 12.1. The number of benzene rings is 1. The molecule has 1 aromatic carbocycles. The van der Waals surface area contributed by atoms with Gasteiger partial charge in [-0.15, -0.1) is 0 Å². The van der Waals surface area contributed by atoms with E-state index in [-0.39, 0.29) is 18.1 Å². The summed E-state index contributed by atoms with van der Waals surface area (Å²) in [4.78, 5) is 15.9. The second kappa shape index (κ2) is 6.57. The Kier molecular flexibility index (Phi) is 5.02. The molecule has 0 aromatic heterocycles. The zero-order chi connectivity index (χ0) is 14.7. The van der Waals surface area contributed by atoms with Crippen molar-refractivity contribution in [1.82, 2.24) is 9.80 Å². The van der Waals surface area contributed by atoms with Crippen LogP contribution < -0.4 is 0 Å². The topological polar surface area (TPSA) is 32.8 Å². The molecule has 110 valence electrons. The molecule has 0 N–H and O–H groups in total. The summed E-state index contributed by atoms with van der Waals surface area (Å²) >= 11 is 6.22. The van der Waals surface area contributed by atoms with Gasteiger partial charge in [0.1, 0.15) is 0 Å². The molecule has 1 saturated heterocycles. The summed E-state index contributed by atoms with van der Waals surface area (Å²) in [6.45, 7) is 4.00. The number of carbonyl (C=O) groups is 1. The summed E-state index contributed by atoms with van der Waals surface area (Å²) in [5.74, 6) is 0.116. The molecule has 2 rings (SSSR count). The lowest BCUT2D eigenvalue weighted by atomic mass is 10.1. The van der Waals surface area contributed by atoms with Crippen LogP contribution in [0.25, 0.3) is 0 Å². The predicted octanol–water partition coefficient (Wildman–Crippen LogP) is 2.19. The number of hydrogen-bond donors (Lipinski definition) is 0. The second-order valence-electron chi connectivity index (χ2n) is 5.28. The van der Waals surface area contributed by atoms with Crippen LogP contribution in [-0.4, -0.2) is 55.5 Å². The van der Waals surface area contributed by atoms with Gasteiger partial charge in [-0.05, 0) is 13.0 Å². The molecule has 5 heteroatoms. The predicted molar refractivity (Wildman–Crippen MR) is 79.9 cm³/mol. The molecule has 0 bridgehead atoms. The number of ether oxygens (including phenoxy) is 1. The van der Waals surface area contributed by atoms with Gasteiger partial charge < -0.3 is 9.64 Å². The van der Waals surface area contributed by atoms with Crippen molar-refractivity contribution in [1.29, 1.82) is 0 Å². The van der Waals surface area contributed by atoms with Crippen molar-refractivity contribution in [2.45, 2.75) is 19.1 Å². The van der Waals surface area contributed by atoms with Gasteiger partial charge in [-0.2, -0.15) is 0 Å². The van der Waals surface area contributed by atoms with E-state index < -0.39 is 0 Å². The fourth-order valence-electron chi connectivity index (χ4n) is 2.48. The number of likely N-dealkylation sites (N-methyl/N-ethyl adjacent to an activating group) is 1. The third-order valence-electron chi connectivity index (χ3n) is 3.70. The number of hydrogen-bond acceptors (Lipinski definition) is 3. The number of rotatable bonds is 3. The second-order valence-corrected chi connectivity index (χ2v) is 5.69. The Hall–Kier alpha value is -1.10. The zero-order valence-electron chi connectivity index (χ0n) is 12.2. The summed E-state index contributed by atoms with van der Waals surface area (Å²) in [5.41, 5.74) is 0.989. The summed E-state index contributed by atoms with van der Waals surface area (Å²) in [5, 5.41) is 0.714. The smallest absolute Gasteiger partial charge is 0.239 e. The van der Waals surface area contributed by atoms with Crippen LogP contribution in [-0.2, 0) is 9.53 Å². The van der Waals surface area contributed by atoms with Gasteiger partial charge in [0.25, 0.3) is 0 Å². The van der Waals surface area contributed by atoms with Gasteiger partial charge in [0, 0.05) is 37.8 Å². The maximum Gasteiger partial charge on any atom is 0.239 e. The van der Waals surface area contributed by atoms with E-state index in [1.165, 1.54) is 0 Å². The molecule has 0 radical (unpaired) electrons. The van der Waals surface area contributed by atoms with Crippen molar-refractivity contribution in [2.75, 3.05) is 33.8 Å². The van der Waals surface area contributed by atoms with Crippen LogP contribution in [0.4, 0.5) is 0 Å². The van der Waals surface area contributed by atoms with Crippen LogP contribution in [0, 0.1) is 0 Å². The van der Waals surface area contributed by atoms with Crippen molar-refractivity contribution >= 4 is 17.5 Å². The van der Waals surface area contributed by atoms with E-state index in [1.807, 2.05) is 31.2 Å². The number of carbonyl (C=O) groups excluding carboxylic acids is 1. The Morgan fingerprint density at radius 3 is 2.80 bits per heavy atom. The highest BCUT2D eigenvalue weighted by Crippen LogP contribution is 2.29. The molecule has 0 aliphatic carbocycles. The van der Waals surface area contributed by atoms with Gasteiger partial charge in [0.2, 0.25) is 5.91 Å². The first kappa shape index (κ1) is 15.3. The first-order valence-corrected chi connectivity index (χ1v) is 7.19. The standard InChI is InChI=1S/C15H21ClN2O2/c1-11(15(19)17(2)3)18-8-9-20-14(10-18)12-6-4-5-7-13(12)16/h4-7,11,14H,8-10H2,1-3H3. The van der Waals surface area contributed by atoms with Gasteiger partial charge >= 0.3 is 0 Å². The molecule has 1 aliphatic heterocycles. The van der Waals surface area contributed by atoms with Crippen LogP contribution in [0.3, 0.4) is 0 Å².